The molecule has 1 fully saturated rings. The van der Waals surface area contributed by atoms with Crippen molar-refractivity contribution in [1.82, 2.24) is 20.2 Å². The van der Waals surface area contributed by atoms with Crippen LogP contribution in [-0.2, 0) is 11.2 Å². The summed E-state index contributed by atoms with van der Waals surface area (Å²) in [6.45, 7) is 2.71. The van der Waals surface area contributed by atoms with Crippen LogP contribution in [0.5, 0.6) is 0 Å². The Morgan fingerprint density at radius 3 is 2.86 bits per heavy atom. The van der Waals surface area contributed by atoms with E-state index in [1.54, 1.807) is 0 Å². The smallest absolute Gasteiger partial charge is 0.225 e. The molecule has 0 radical (unpaired) electrons. The first-order chi connectivity index (χ1) is 10.7. The molecule has 0 spiro atoms. The lowest BCUT2D eigenvalue weighted by Crippen LogP contribution is -2.39. The Bertz CT molecular complexity index is 597. The summed E-state index contributed by atoms with van der Waals surface area (Å²) in [5.41, 5.74) is 2.09. The van der Waals surface area contributed by atoms with Gasteiger partial charge in [-0.2, -0.15) is 0 Å². The van der Waals surface area contributed by atoms with Gasteiger partial charge in [-0.05, 0) is 44.5 Å². The van der Waals surface area contributed by atoms with E-state index in [2.05, 4.69) is 15.3 Å². The second kappa shape index (κ2) is 6.92. The van der Waals surface area contributed by atoms with Crippen LogP contribution in [0.4, 0.5) is 0 Å². The quantitative estimate of drug-likeness (QED) is 0.887. The second-order valence-electron chi connectivity index (χ2n) is 6.09. The third-order valence-corrected chi connectivity index (χ3v) is 4.41. The van der Waals surface area contributed by atoms with Gasteiger partial charge < -0.3 is 15.2 Å². The number of nitrogens with one attached hydrogen (secondary N) is 2. The highest BCUT2D eigenvalue weighted by atomic mass is 16.2. The molecule has 1 saturated heterocycles. The molecule has 118 valence electrons. The van der Waals surface area contributed by atoms with Gasteiger partial charge in [-0.1, -0.05) is 12.1 Å². The van der Waals surface area contributed by atoms with Gasteiger partial charge >= 0.3 is 0 Å². The topological polar surface area (TPSA) is 61.0 Å². The average molecular weight is 300 g/mol. The van der Waals surface area contributed by atoms with Crippen molar-refractivity contribution >= 4 is 16.9 Å². The van der Waals surface area contributed by atoms with Crippen LogP contribution < -0.4 is 5.32 Å². The largest absolute Gasteiger partial charge is 0.346 e. The van der Waals surface area contributed by atoms with Crippen molar-refractivity contribution in [1.29, 1.82) is 0 Å². The first-order valence-corrected chi connectivity index (χ1v) is 8.13. The summed E-state index contributed by atoms with van der Waals surface area (Å²) in [5, 5.41) is 3.30. The van der Waals surface area contributed by atoms with Crippen LogP contribution in [0.2, 0.25) is 0 Å². The number of H-pyrrole nitrogens is 1. The SMILES string of the molecule is CN(CCCc1nc2ccccc2[nH]1)C(=O)C1CCNCC1. The molecule has 5 nitrogen and oxygen atoms in total. The predicted molar refractivity (Wildman–Crippen MR) is 87.6 cm³/mol. The summed E-state index contributed by atoms with van der Waals surface area (Å²) in [6.07, 6.45) is 3.74. The molecular weight excluding hydrogens is 276 g/mol. The molecule has 0 unspecified atom stereocenters. The van der Waals surface area contributed by atoms with Crippen molar-refractivity contribution in [2.24, 2.45) is 5.92 Å². The lowest BCUT2D eigenvalue weighted by atomic mass is 9.96. The van der Waals surface area contributed by atoms with Gasteiger partial charge in [0.1, 0.15) is 5.82 Å². The number of aromatic nitrogens is 2. The number of hydrogen-bond acceptors (Lipinski definition) is 3. The van der Waals surface area contributed by atoms with Gasteiger partial charge in [-0.25, -0.2) is 4.98 Å². The molecule has 0 saturated carbocycles. The molecule has 0 bridgehead atoms. The number of carbonyl (C=O) groups excluding carboxylic acids is 1. The van der Waals surface area contributed by atoms with E-state index in [1.165, 1.54) is 0 Å². The number of aromatic amines is 1. The summed E-state index contributed by atoms with van der Waals surface area (Å²) >= 11 is 0. The van der Waals surface area contributed by atoms with Crippen LogP contribution >= 0.6 is 0 Å². The van der Waals surface area contributed by atoms with Gasteiger partial charge in [-0.15, -0.1) is 0 Å². The fourth-order valence-electron chi connectivity index (χ4n) is 3.10. The molecule has 22 heavy (non-hydrogen) atoms. The number of benzene rings is 1. The van der Waals surface area contributed by atoms with Crippen molar-refractivity contribution in [3.05, 3.63) is 30.1 Å². The van der Waals surface area contributed by atoms with Crippen LogP contribution in [0.15, 0.2) is 24.3 Å². The minimum atomic E-state index is 0.206. The Morgan fingerprint density at radius 2 is 2.09 bits per heavy atom. The van der Waals surface area contributed by atoms with Gasteiger partial charge in [0, 0.05) is 25.9 Å². The van der Waals surface area contributed by atoms with Crippen LogP contribution in [-0.4, -0.2) is 47.5 Å². The van der Waals surface area contributed by atoms with Crippen molar-refractivity contribution in [2.75, 3.05) is 26.7 Å². The molecule has 0 atom stereocenters. The lowest BCUT2D eigenvalue weighted by Gasteiger charge is -2.26. The summed E-state index contributed by atoms with van der Waals surface area (Å²) in [6, 6.07) is 8.06. The Labute approximate surface area is 131 Å². The molecule has 1 aliphatic rings. The maximum Gasteiger partial charge on any atom is 0.225 e. The Kier molecular flexibility index (Phi) is 4.73. The number of aryl methyl sites for hydroxylation is 1. The van der Waals surface area contributed by atoms with E-state index in [9.17, 15) is 4.79 Å². The Balaban J connectivity index is 1.48. The van der Waals surface area contributed by atoms with Gasteiger partial charge in [0.25, 0.3) is 0 Å². The Morgan fingerprint density at radius 1 is 1.32 bits per heavy atom. The summed E-state index contributed by atoms with van der Waals surface area (Å²) < 4.78 is 0. The highest BCUT2D eigenvalue weighted by Gasteiger charge is 2.23. The van der Waals surface area contributed by atoms with E-state index in [1.807, 2.05) is 36.2 Å². The Hall–Kier alpha value is -1.88. The molecule has 1 aromatic heterocycles. The number of nitrogens with zero attached hydrogens (tertiary/aromatic N) is 2. The van der Waals surface area contributed by atoms with Crippen LogP contribution in [0.25, 0.3) is 11.0 Å². The molecule has 5 heteroatoms. The average Bonchev–Trinajstić information content (AvgIpc) is 2.97. The van der Waals surface area contributed by atoms with Crippen molar-refractivity contribution in [2.45, 2.75) is 25.7 Å². The monoisotopic (exact) mass is 300 g/mol. The van der Waals surface area contributed by atoms with Gasteiger partial charge in [0.05, 0.1) is 11.0 Å². The van der Waals surface area contributed by atoms with E-state index in [-0.39, 0.29) is 5.92 Å². The summed E-state index contributed by atoms with van der Waals surface area (Å²) in [5.74, 6) is 1.51. The standard InChI is InChI=1S/C17H24N4O/c1-21(17(22)13-8-10-18-11-9-13)12-4-7-16-19-14-5-2-3-6-15(14)20-16/h2-3,5-6,13,18H,4,7-12H2,1H3,(H,19,20). The molecule has 0 aliphatic carbocycles. The minimum Gasteiger partial charge on any atom is -0.346 e. The van der Waals surface area contributed by atoms with Crippen molar-refractivity contribution in [3.63, 3.8) is 0 Å². The summed E-state index contributed by atoms with van der Waals surface area (Å²) in [4.78, 5) is 22.2. The van der Waals surface area contributed by atoms with Crippen LogP contribution in [0.1, 0.15) is 25.1 Å². The number of amides is 1. The van der Waals surface area contributed by atoms with E-state index < -0.39 is 0 Å². The molecular formula is C17H24N4O. The van der Waals surface area contributed by atoms with E-state index >= 15 is 0 Å². The van der Waals surface area contributed by atoms with E-state index in [0.717, 1.165) is 62.2 Å². The first kappa shape index (κ1) is 15.0. The summed E-state index contributed by atoms with van der Waals surface area (Å²) in [7, 11) is 1.92. The van der Waals surface area contributed by atoms with E-state index in [4.69, 9.17) is 0 Å². The van der Waals surface area contributed by atoms with Gasteiger partial charge in [0.15, 0.2) is 0 Å². The third-order valence-electron chi connectivity index (χ3n) is 4.41. The zero-order chi connectivity index (χ0) is 15.4. The molecule has 1 aliphatic heterocycles. The molecule has 1 aromatic carbocycles. The van der Waals surface area contributed by atoms with Crippen LogP contribution in [0.3, 0.4) is 0 Å². The van der Waals surface area contributed by atoms with Gasteiger partial charge in [-0.3, -0.25) is 4.79 Å². The fraction of sp³-hybridized carbons (Fsp3) is 0.529. The maximum absolute atomic E-state index is 12.4. The fourth-order valence-corrected chi connectivity index (χ4v) is 3.10. The van der Waals surface area contributed by atoms with Crippen molar-refractivity contribution < 1.29 is 4.79 Å². The molecule has 3 rings (SSSR count). The molecule has 2 N–H and O–H groups in total. The first-order valence-electron chi connectivity index (χ1n) is 8.13. The predicted octanol–water partition coefficient (Wildman–Crippen LogP) is 1.95. The third kappa shape index (κ3) is 3.47. The second-order valence-corrected chi connectivity index (χ2v) is 6.09. The minimum absolute atomic E-state index is 0.206. The number of carbonyl (C=O) groups is 1. The molecule has 1 amide bonds. The normalized spacial score (nSPS) is 16.0. The zero-order valence-corrected chi connectivity index (χ0v) is 13.1. The zero-order valence-electron chi connectivity index (χ0n) is 13.1. The number of piperidine rings is 1. The van der Waals surface area contributed by atoms with Crippen molar-refractivity contribution in [3.8, 4) is 0 Å². The number of hydrogen-bond donors (Lipinski definition) is 2. The molecule has 2 heterocycles. The number of imidazole rings is 1. The highest BCUT2D eigenvalue weighted by Crippen LogP contribution is 2.15. The maximum atomic E-state index is 12.4. The van der Waals surface area contributed by atoms with E-state index in [0.29, 0.717) is 5.91 Å². The van der Waals surface area contributed by atoms with Gasteiger partial charge in [0.2, 0.25) is 5.91 Å². The number of rotatable bonds is 5. The number of para-hydroxylation sites is 2. The lowest BCUT2D eigenvalue weighted by molar-refractivity contribution is -0.135. The molecule has 2 aromatic rings. The highest BCUT2D eigenvalue weighted by molar-refractivity contribution is 5.78. The number of fused-ring (bicyclic) bond motifs is 1. The van der Waals surface area contributed by atoms with Crippen LogP contribution in [0, 0.1) is 5.92 Å².